The lowest BCUT2D eigenvalue weighted by Gasteiger charge is -2.36. The minimum absolute atomic E-state index is 0.461. The van der Waals surface area contributed by atoms with E-state index >= 15 is 0 Å². The molecule has 62 heavy (non-hydrogen) atoms. The number of fused-ring (bicyclic) bond motifs is 3. The van der Waals surface area contributed by atoms with Gasteiger partial charge in [-0.05, 0) is 116 Å². The van der Waals surface area contributed by atoms with Gasteiger partial charge in [-0.1, -0.05) is 218 Å². The Bertz CT molecular complexity index is 3090. The Kier molecular flexibility index (Phi) is 9.64. The second kappa shape index (κ2) is 16.0. The van der Waals surface area contributed by atoms with Crippen molar-refractivity contribution in [3.05, 3.63) is 271 Å². The van der Waals surface area contributed by atoms with Crippen LogP contribution in [-0.2, 0) is 5.41 Å². The Balaban J connectivity index is 1.07. The van der Waals surface area contributed by atoms with Gasteiger partial charge in [0.1, 0.15) is 0 Å². The summed E-state index contributed by atoms with van der Waals surface area (Å²) in [6.07, 6.45) is 9.30. The maximum atomic E-state index is 2.48. The minimum Gasteiger partial charge on any atom is -0.310 e. The number of allylic oxidation sites excluding steroid dienone is 4. The van der Waals surface area contributed by atoms with E-state index in [2.05, 4.69) is 254 Å². The maximum Gasteiger partial charge on any atom is 0.0711 e. The Morgan fingerprint density at radius 1 is 0.339 bits per heavy atom. The van der Waals surface area contributed by atoms with Crippen LogP contribution in [0, 0.1) is 0 Å². The lowest BCUT2D eigenvalue weighted by molar-refractivity contribution is 0.751. The molecule has 0 saturated heterocycles. The molecule has 1 unspecified atom stereocenters. The molecule has 0 spiro atoms. The van der Waals surface area contributed by atoms with E-state index in [0.29, 0.717) is 0 Å². The minimum atomic E-state index is -0.461. The van der Waals surface area contributed by atoms with E-state index in [1.807, 2.05) is 0 Å². The molecule has 9 aromatic carbocycles. The molecular formula is C61H45N. The highest BCUT2D eigenvalue weighted by atomic mass is 15.1. The fourth-order valence-electron chi connectivity index (χ4n) is 9.98. The Morgan fingerprint density at radius 2 is 0.823 bits per heavy atom. The molecule has 0 radical (unpaired) electrons. The predicted molar refractivity (Wildman–Crippen MR) is 261 cm³/mol. The third-order valence-corrected chi connectivity index (χ3v) is 12.8. The van der Waals surface area contributed by atoms with Crippen molar-refractivity contribution >= 4 is 17.1 Å². The van der Waals surface area contributed by atoms with Crippen molar-refractivity contribution in [3.8, 4) is 55.6 Å². The zero-order valence-corrected chi connectivity index (χ0v) is 34.5. The van der Waals surface area contributed by atoms with Crippen LogP contribution in [0.15, 0.2) is 254 Å². The molecule has 9 aromatic rings. The molecule has 1 atom stereocenters. The van der Waals surface area contributed by atoms with E-state index in [9.17, 15) is 0 Å². The van der Waals surface area contributed by atoms with Crippen LogP contribution in [0.1, 0.15) is 29.5 Å². The van der Waals surface area contributed by atoms with Crippen LogP contribution in [0.3, 0.4) is 0 Å². The molecule has 0 saturated carbocycles. The van der Waals surface area contributed by atoms with Crippen molar-refractivity contribution in [1.82, 2.24) is 0 Å². The van der Waals surface area contributed by atoms with Crippen molar-refractivity contribution < 1.29 is 0 Å². The molecule has 294 valence electrons. The van der Waals surface area contributed by atoms with Crippen LogP contribution in [0.25, 0.3) is 55.6 Å². The highest BCUT2D eigenvalue weighted by Crippen LogP contribution is 2.58. The van der Waals surface area contributed by atoms with E-state index < -0.39 is 5.41 Å². The summed E-state index contributed by atoms with van der Waals surface area (Å²) in [4.78, 5) is 2.46. The van der Waals surface area contributed by atoms with Crippen LogP contribution in [0.5, 0.6) is 0 Å². The molecule has 0 heterocycles. The number of anilines is 3. The molecule has 1 heteroatoms. The zero-order valence-electron chi connectivity index (χ0n) is 34.5. The fourth-order valence-corrected chi connectivity index (χ4v) is 9.98. The molecule has 0 amide bonds. The summed E-state index contributed by atoms with van der Waals surface area (Å²) in [5, 5.41) is 0. The summed E-state index contributed by atoms with van der Waals surface area (Å²) in [6.45, 7) is 0. The third kappa shape index (κ3) is 6.42. The topological polar surface area (TPSA) is 3.24 Å². The molecule has 0 bridgehead atoms. The van der Waals surface area contributed by atoms with E-state index in [-0.39, 0.29) is 0 Å². The predicted octanol–water partition coefficient (Wildman–Crippen LogP) is 16.4. The van der Waals surface area contributed by atoms with Crippen LogP contribution < -0.4 is 4.90 Å². The first-order chi connectivity index (χ1) is 30.8. The van der Waals surface area contributed by atoms with E-state index in [4.69, 9.17) is 0 Å². The molecule has 2 aliphatic carbocycles. The van der Waals surface area contributed by atoms with Crippen LogP contribution in [0.4, 0.5) is 17.1 Å². The van der Waals surface area contributed by atoms with Gasteiger partial charge >= 0.3 is 0 Å². The number of rotatable bonds is 9. The summed E-state index contributed by atoms with van der Waals surface area (Å²) in [6, 6.07) is 84.5. The number of hydrogen-bond acceptors (Lipinski definition) is 1. The van der Waals surface area contributed by atoms with E-state index in [0.717, 1.165) is 29.9 Å². The molecule has 0 aromatic heterocycles. The number of nitrogens with zero attached hydrogens (tertiary/aromatic N) is 1. The monoisotopic (exact) mass is 791 g/mol. The smallest absolute Gasteiger partial charge is 0.0711 e. The Morgan fingerprint density at radius 3 is 1.48 bits per heavy atom. The molecule has 0 aliphatic heterocycles. The lowest BCUT2D eigenvalue weighted by atomic mass is 9.66. The standard InChI is InChI=1S/C61H45N/c1-5-19-44(20-6-1)45-33-35-47(36-34-45)53-27-13-14-28-54(53)48-37-39-51(40-38-48)62(60-32-18-16-29-55(60)46-21-7-2-8-22-46)52-41-42-57-56-30-15-17-31-58(56)61(59(57)43-52,49-23-9-3-10-24-49)50-25-11-4-12-26-50/h1-3,5-11,13-43H,4,12H2. The average molecular weight is 792 g/mol. The molecule has 2 aliphatic rings. The molecule has 11 rings (SSSR count). The third-order valence-electron chi connectivity index (χ3n) is 12.8. The van der Waals surface area contributed by atoms with Crippen molar-refractivity contribution in [1.29, 1.82) is 0 Å². The van der Waals surface area contributed by atoms with Crippen molar-refractivity contribution in [2.75, 3.05) is 4.90 Å². The van der Waals surface area contributed by atoms with Crippen molar-refractivity contribution in [3.63, 3.8) is 0 Å². The average Bonchev–Trinajstić information content (AvgIpc) is 3.66. The van der Waals surface area contributed by atoms with Gasteiger partial charge in [-0.3, -0.25) is 0 Å². The highest BCUT2D eigenvalue weighted by molar-refractivity contribution is 5.93. The molecule has 0 N–H and O–H groups in total. The number of para-hydroxylation sites is 1. The van der Waals surface area contributed by atoms with Gasteiger partial charge in [-0.25, -0.2) is 0 Å². The van der Waals surface area contributed by atoms with Crippen LogP contribution in [0.2, 0.25) is 0 Å². The summed E-state index contributed by atoms with van der Waals surface area (Å²) < 4.78 is 0. The van der Waals surface area contributed by atoms with Gasteiger partial charge in [0.2, 0.25) is 0 Å². The van der Waals surface area contributed by atoms with Gasteiger partial charge in [-0.2, -0.15) is 0 Å². The van der Waals surface area contributed by atoms with E-state index in [1.54, 1.807) is 0 Å². The van der Waals surface area contributed by atoms with Gasteiger partial charge in [0.15, 0.2) is 0 Å². The van der Waals surface area contributed by atoms with Gasteiger partial charge in [0, 0.05) is 16.9 Å². The van der Waals surface area contributed by atoms with Gasteiger partial charge in [0.25, 0.3) is 0 Å². The maximum absolute atomic E-state index is 2.48. The zero-order chi connectivity index (χ0) is 41.3. The molecule has 1 nitrogen and oxygen atoms in total. The second-order valence-electron chi connectivity index (χ2n) is 16.3. The first-order valence-electron chi connectivity index (χ1n) is 21.7. The van der Waals surface area contributed by atoms with E-state index in [1.165, 1.54) is 77.9 Å². The Hall–Kier alpha value is -7.74. The largest absolute Gasteiger partial charge is 0.310 e. The van der Waals surface area contributed by atoms with Gasteiger partial charge < -0.3 is 4.90 Å². The normalized spacial score (nSPS) is 15.1. The second-order valence-corrected chi connectivity index (χ2v) is 16.3. The number of benzene rings is 9. The lowest BCUT2D eigenvalue weighted by Crippen LogP contribution is -2.29. The van der Waals surface area contributed by atoms with Crippen LogP contribution >= 0.6 is 0 Å². The van der Waals surface area contributed by atoms with Crippen molar-refractivity contribution in [2.45, 2.75) is 18.3 Å². The molecule has 0 fully saturated rings. The number of hydrogen-bond donors (Lipinski definition) is 0. The SMILES string of the molecule is C1=CC(C2(c3ccccc3)c3ccccc3-c3ccc(N(c4ccc(-c5ccccc5-c5ccc(-c6ccccc6)cc5)cc4)c4ccccc4-c4ccccc4)cc32)=CCC1. The summed E-state index contributed by atoms with van der Waals surface area (Å²) in [5.41, 5.74) is 20.3. The first-order valence-corrected chi connectivity index (χ1v) is 21.7. The summed E-state index contributed by atoms with van der Waals surface area (Å²) in [5.74, 6) is 0. The summed E-state index contributed by atoms with van der Waals surface area (Å²) in [7, 11) is 0. The highest BCUT2D eigenvalue weighted by Gasteiger charge is 2.47. The quantitative estimate of drug-likeness (QED) is 0.141. The Labute approximate surface area is 365 Å². The first kappa shape index (κ1) is 37.3. The van der Waals surface area contributed by atoms with Crippen molar-refractivity contribution in [2.24, 2.45) is 0 Å². The van der Waals surface area contributed by atoms with Gasteiger partial charge in [0.05, 0.1) is 11.1 Å². The molecular weight excluding hydrogens is 747 g/mol. The van der Waals surface area contributed by atoms with Gasteiger partial charge in [-0.15, -0.1) is 0 Å². The summed E-state index contributed by atoms with van der Waals surface area (Å²) >= 11 is 0. The van der Waals surface area contributed by atoms with Crippen LogP contribution in [-0.4, -0.2) is 0 Å². The fraction of sp³-hybridized carbons (Fsp3) is 0.0492.